The van der Waals surface area contributed by atoms with Crippen molar-refractivity contribution in [3.05, 3.63) is 12.2 Å². The summed E-state index contributed by atoms with van der Waals surface area (Å²) in [4.78, 5) is 16.7. The van der Waals surface area contributed by atoms with Crippen molar-refractivity contribution in [1.29, 1.82) is 0 Å². The van der Waals surface area contributed by atoms with Crippen LogP contribution in [0.4, 0.5) is 0 Å². The average Bonchev–Trinajstić information content (AvgIpc) is 2.97. The molecule has 100 valence electrons. The smallest absolute Gasteiger partial charge is 0.147 e. The van der Waals surface area contributed by atoms with Gasteiger partial charge >= 0.3 is 0 Å². The zero-order chi connectivity index (χ0) is 13.2. The molecule has 1 aromatic rings. The van der Waals surface area contributed by atoms with E-state index < -0.39 is 0 Å². The second-order valence-corrected chi connectivity index (χ2v) is 5.38. The molecule has 2 rings (SSSR count). The summed E-state index contributed by atoms with van der Waals surface area (Å²) in [7, 11) is 0. The van der Waals surface area contributed by atoms with Crippen molar-refractivity contribution in [2.45, 2.75) is 46.1 Å². The molecule has 1 aliphatic heterocycles. The lowest BCUT2D eigenvalue weighted by atomic mass is 9.78. The number of nitrogens with one attached hydrogen (secondary N) is 1. The van der Waals surface area contributed by atoms with Crippen LogP contribution in [0.5, 0.6) is 0 Å². The standard InChI is InChI=1S/C13H22N4O/c1-4-13(5-6-14-8-13)11(18)7-12-15-9-16-17(12)10(2)3/h9-10,14H,4-8H2,1-3H3. The van der Waals surface area contributed by atoms with Crippen molar-refractivity contribution in [3.8, 4) is 0 Å². The zero-order valence-corrected chi connectivity index (χ0v) is 11.4. The first-order valence-electron chi connectivity index (χ1n) is 6.71. The number of carbonyl (C=O) groups excluding carboxylic acids is 1. The van der Waals surface area contributed by atoms with Gasteiger partial charge < -0.3 is 5.32 Å². The lowest BCUT2D eigenvalue weighted by molar-refractivity contribution is -0.127. The molecular weight excluding hydrogens is 228 g/mol. The average molecular weight is 250 g/mol. The minimum absolute atomic E-state index is 0.187. The normalized spacial score (nSPS) is 23.8. The summed E-state index contributed by atoms with van der Waals surface area (Å²) >= 11 is 0. The lowest BCUT2D eigenvalue weighted by Crippen LogP contribution is -2.34. The molecule has 0 bridgehead atoms. The third-order valence-corrected chi connectivity index (χ3v) is 3.97. The third-order valence-electron chi connectivity index (χ3n) is 3.97. The van der Waals surface area contributed by atoms with Crippen molar-refractivity contribution < 1.29 is 4.79 Å². The molecule has 0 aromatic carbocycles. The molecule has 0 radical (unpaired) electrons. The Kier molecular flexibility index (Phi) is 3.80. The van der Waals surface area contributed by atoms with Gasteiger partial charge in [-0.2, -0.15) is 5.10 Å². The lowest BCUT2D eigenvalue weighted by Gasteiger charge is -2.24. The van der Waals surface area contributed by atoms with Crippen LogP contribution in [0.1, 0.15) is 45.5 Å². The van der Waals surface area contributed by atoms with E-state index in [0.717, 1.165) is 31.8 Å². The fourth-order valence-electron chi connectivity index (χ4n) is 2.64. The van der Waals surface area contributed by atoms with Crippen LogP contribution in [0.2, 0.25) is 0 Å². The highest BCUT2D eigenvalue weighted by molar-refractivity contribution is 5.86. The van der Waals surface area contributed by atoms with Gasteiger partial charge in [-0.3, -0.25) is 4.79 Å². The molecule has 5 heteroatoms. The molecule has 1 aromatic heterocycles. The molecule has 5 nitrogen and oxygen atoms in total. The topological polar surface area (TPSA) is 59.8 Å². The minimum atomic E-state index is -0.187. The summed E-state index contributed by atoms with van der Waals surface area (Å²) in [5.41, 5.74) is -0.187. The number of hydrogen-bond donors (Lipinski definition) is 1. The van der Waals surface area contributed by atoms with Crippen LogP contribution in [-0.4, -0.2) is 33.6 Å². The summed E-state index contributed by atoms with van der Waals surface area (Å²) in [6.45, 7) is 7.94. The maximum atomic E-state index is 12.5. The summed E-state index contributed by atoms with van der Waals surface area (Å²) < 4.78 is 1.84. The number of aromatic nitrogens is 3. The number of nitrogens with zero attached hydrogens (tertiary/aromatic N) is 3. The van der Waals surface area contributed by atoms with E-state index in [1.807, 2.05) is 4.68 Å². The quantitative estimate of drug-likeness (QED) is 0.857. The van der Waals surface area contributed by atoms with Crippen molar-refractivity contribution >= 4 is 5.78 Å². The van der Waals surface area contributed by atoms with E-state index in [2.05, 4.69) is 36.2 Å². The highest BCUT2D eigenvalue weighted by Gasteiger charge is 2.39. The van der Waals surface area contributed by atoms with Gasteiger partial charge in [0.2, 0.25) is 0 Å². The number of ketones is 1. The summed E-state index contributed by atoms with van der Waals surface area (Å²) in [6.07, 6.45) is 3.77. The van der Waals surface area contributed by atoms with E-state index in [1.54, 1.807) is 0 Å². The van der Waals surface area contributed by atoms with Crippen LogP contribution < -0.4 is 5.32 Å². The summed E-state index contributed by atoms with van der Waals surface area (Å²) in [5.74, 6) is 1.08. The van der Waals surface area contributed by atoms with E-state index in [1.165, 1.54) is 6.33 Å². The summed E-state index contributed by atoms with van der Waals surface area (Å²) in [5, 5.41) is 7.48. The highest BCUT2D eigenvalue weighted by Crippen LogP contribution is 2.31. The molecule has 0 aliphatic carbocycles. The fourth-order valence-corrected chi connectivity index (χ4v) is 2.64. The van der Waals surface area contributed by atoms with Gasteiger partial charge in [-0.1, -0.05) is 6.92 Å². The number of rotatable bonds is 5. The molecule has 1 N–H and O–H groups in total. The van der Waals surface area contributed by atoms with Gasteiger partial charge in [-0.15, -0.1) is 0 Å². The fraction of sp³-hybridized carbons (Fsp3) is 0.769. The van der Waals surface area contributed by atoms with Crippen molar-refractivity contribution in [3.63, 3.8) is 0 Å². The van der Waals surface area contributed by atoms with Gasteiger partial charge in [0, 0.05) is 18.0 Å². The number of hydrogen-bond acceptors (Lipinski definition) is 4. The molecule has 1 fully saturated rings. The molecule has 1 saturated heterocycles. The molecule has 2 heterocycles. The van der Waals surface area contributed by atoms with Gasteiger partial charge in [-0.05, 0) is 33.2 Å². The van der Waals surface area contributed by atoms with Crippen molar-refractivity contribution in [1.82, 2.24) is 20.1 Å². The van der Waals surface area contributed by atoms with E-state index in [9.17, 15) is 4.79 Å². The van der Waals surface area contributed by atoms with Crippen LogP contribution >= 0.6 is 0 Å². The van der Waals surface area contributed by atoms with Crippen molar-refractivity contribution in [2.75, 3.05) is 13.1 Å². The van der Waals surface area contributed by atoms with Gasteiger partial charge in [-0.25, -0.2) is 9.67 Å². The second-order valence-electron chi connectivity index (χ2n) is 5.38. The SMILES string of the molecule is CCC1(C(=O)Cc2ncnn2C(C)C)CCNC1. The molecule has 0 amide bonds. The van der Waals surface area contributed by atoms with E-state index in [0.29, 0.717) is 12.2 Å². The van der Waals surface area contributed by atoms with Crippen LogP contribution in [0.25, 0.3) is 0 Å². The van der Waals surface area contributed by atoms with Crippen LogP contribution in [0.3, 0.4) is 0 Å². The first kappa shape index (κ1) is 13.2. The van der Waals surface area contributed by atoms with Crippen LogP contribution in [-0.2, 0) is 11.2 Å². The Hall–Kier alpha value is -1.23. The predicted octanol–water partition coefficient (Wildman–Crippen LogP) is 1.36. The Morgan fingerprint density at radius 1 is 1.61 bits per heavy atom. The number of carbonyl (C=O) groups is 1. The van der Waals surface area contributed by atoms with Crippen molar-refractivity contribution in [2.24, 2.45) is 5.41 Å². The molecule has 1 aliphatic rings. The molecule has 18 heavy (non-hydrogen) atoms. The Labute approximate surface area is 108 Å². The largest absolute Gasteiger partial charge is 0.316 e. The predicted molar refractivity (Wildman–Crippen MR) is 69.3 cm³/mol. The van der Waals surface area contributed by atoms with Gasteiger partial charge in [0.25, 0.3) is 0 Å². The van der Waals surface area contributed by atoms with E-state index >= 15 is 0 Å². The van der Waals surface area contributed by atoms with Gasteiger partial charge in [0.05, 0.1) is 6.42 Å². The maximum absolute atomic E-state index is 12.5. The molecule has 1 unspecified atom stereocenters. The Balaban J connectivity index is 2.13. The second kappa shape index (κ2) is 5.18. The monoisotopic (exact) mass is 250 g/mol. The first-order valence-corrected chi connectivity index (χ1v) is 6.71. The van der Waals surface area contributed by atoms with Crippen LogP contribution in [0, 0.1) is 5.41 Å². The van der Waals surface area contributed by atoms with E-state index in [-0.39, 0.29) is 11.5 Å². The molecule has 0 spiro atoms. The van der Waals surface area contributed by atoms with Gasteiger partial charge in [0.1, 0.15) is 17.9 Å². The minimum Gasteiger partial charge on any atom is -0.316 e. The highest BCUT2D eigenvalue weighted by atomic mass is 16.1. The zero-order valence-electron chi connectivity index (χ0n) is 11.4. The first-order chi connectivity index (χ1) is 8.59. The molecule has 0 saturated carbocycles. The Morgan fingerprint density at radius 3 is 2.94 bits per heavy atom. The Morgan fingerprint density at radius 2 is 2.39 bits per heavy atom. The molecule has 1 atom stereocenters. The molecular formula is C13H22N4O. The van der Waals surface area contributed by atoms with E-state index in [4.69, 9.17) is 0 Å². The maximum Gasteiger partial charge on any atom is 0.147 e. The Bertz CT molecular complexity index is 418. The summed E-state index contributed by atoms with van der Waals surface area (Å²) in [6, 6.07) is 0.245. The number of Topliss-reactive ketones (excluding diaryl/α,β-unsaturated/α-hetero) is 1. The van der Waals surface area contributed by atoms with Crippen LogP contribution in [0.15, 0.2) is 6.33 Å². The van der Waals surface area contributed by atoms with Gasteiger partial charge in [0.15, 0.2) is 0 Å². The third kappa shape index (κ3) is 2.32.